The van der Waals surface area contributed by atoms with Crippen LogP contribution < -0.4 is 4.74 Å². The number of hydrogen-bond acceptors (Lipinski definition) is 2. The number of carboxylic acid groups (broad SMARTS) is 1. The van der Waals surface area contributed by atoms with Crippen LogP contribution in [-0.2, 0) is 4.79 Å². The van der Waals surface area contributed by atoms with E-state index < -0.39 is 11.9 Å². The zero-order valence-electron chi connectivity index (χ0n) is 9.95. The second-order valence-electron chi connectivity index (χ2n) is 4.50. The maximum Gasteiger partial charge on any atom is 0.306 e. The van der Waals surface area contributed by atoms with Crippen LogP contribution in [0.2, 0.25) is 10.0 Å². The lowest BCUT2D eigenvalue weighted by Crippen LogP contribution is -2.18. The van der Waals surface area contributed by atoms with Gasteiger partial charge in [-0.05, 0) is 24.5 Å². The van der Waals surface area contributed by atoms with Gasteiger partial charge in [-0.3, -0.25) is 4.79 Å². The SMILES string of the molecule is CC(C(=O)O)C1CCCOc2c1ccc(Cl)c2Cl. The monoisotopic (exact) mass is 288 g/mol. The van der Waals surface area contributed by atoms with Crippen molar-refractivity contribution < 1.29 is 14.6 Å². The molecule has 0 spiro atoms. The third-order valence-electron chi connectivity index (χ3n) is 3.38. The lowest BCUT2D eigenvalue weighted by molar-refractivity contribution is -0.141. The van der Waals surface area contributed by atoms with E-state index in [0.717, 1.165) is 18.4 Å². The Morgan fingerprint density at radius 1 is 1.50 bits per heavy atom. The summed E-state index contributed by atoms with van der Waals surface area (Å²) in [7, 11) is 0. The lowest BCUT2D eigenvalue weighted by atomic mass is 9.84. The van der Waals surface area contributed by atoms with Gasteiger partial charge >= 0.3 is 5.97 Å². The van der Waals surface area contributed by atoms with E-state index in [2.05, 4.69) is 0 Å². The van der Waals surface area contributed by atoms with E-state index in [4.69, 9.17) is 27.9 Å². The minimum Gasteiger partial charge on any atom is -0.492 e. The third-order valence-corrected chi connectivity index (χ3v) is 4.17. The van der Waals surface area contributed by atoms with Crippen molar-refractivity contribution in [3.63, 3.8) is 0 Å². The fourth-order valence-electron chi connectivity index (χ4n) is 2.31. The summed E-state index contributed by atoms with van der Waals surface area (Å²) < 4.78 is 5.61. The first-order valence-electron chi connectivity index (χ1n) is 5.86. The molecule has 1 heterocycles. The molecule has 98 valence electrons. The van der Waals surface area contributed by atoms with Crippen LogP contribution in [0.3, 0.4) is 0 Å². The van der Waals surface area contributed by atoms with E-state index in [1.165, 1.54) is 0 Å². The molecule has 1 aliphatic heterocycles. The van der Waals surface area contributed by atoms with E-state index in [-0.39, 0.29) is 5.92 Å². The molecular formula is C13H14Cl2O3. The van der Waals surface area contributed by atoms with Crippen molar-refractivity contribution in [2.45, 2.75) is 25.7 Å². The Bertz CT molecular complexity index is 474. The van der Waals surface area contributed by atoms with Gasteiger partial charge in [0.1, 0.15) is 10.8 Å². The van der Waals surface area contributed by atoms with Crippen LogP contribution in [0.1, 0.15) is 31.2 Å². The largest absolute Gasteiger partial charge is 0.492 e. The molecule has 1 aliphatic rings. The minimum atomic E-state index is -0.807. The summed E-state index contributed by atoms with van der Waals surface area (Å²) in [5.41, 5.74) is 0.844. The first-order chi connectivity index (χ1) is 8.52. The van der Waals surface area contributed by atoms with Crippen molar-refractivity contribution in [3.05, 3.63) is 27.7 Å². The molecule has 18 heavy (non-hydrogen) atoms. The molecule has 0 saturated carbocycles. The summed E-state index contributed by atoms with van der Waals surface area (Å²) >= 11 is 12.1. The summed E-state index contributed by atoms with van der Waals surface area (Å²) in [6.07, 6.45) is 1.59. The molecule has 0 saturated heterocycles. The predicted octanol–water partition coefficient (Wildman–Crippen LogP) is 3.97. The van der Waals surface area contributed by atoms with Crippen molar-refractivity contribution in [1.82, 2.24) is 0 Å². The Labute approximate surface area is 116 Å². The summed E-state index contributed by atoms with van der Waals surface area (Å²) in [6, 6.07) is 3.51. The lowest BCUT2D eigenvalue weighted by Gasteiger charge is -2.21. The fraction of sp³-hybridized carbons (Fsp3) is 0.462. The molecule has 1 aromatic rings. The molecule has 0 radical (unpaired) electrons. The molecule has 5 heteroatoms. The molecule has 3 nitrogen and oxygen atoms in total. The smallest absolute Gasteiger partial charge is 0.306 e. The highest BCUT2D eigenvalue weighted by atomic mass is 35.5. The Balaban J connectivity index is 2.48. The van der Waals surface area contributed by atoms with E-state index in [1.807, 2.05) is 6.07 Å². The summed E-state index contributed by atoms with van der Waals surface area (Å²) in [6.45, 7) is 2.25. The standard InChI is InChI=1S/C13H14Cl2O3/c1-7(13(16)17)8-3-2-6-18-12-9(8)4-5-10(14)11(12)15/h4-5,7-8H,2-3,6H2,1H3,(H,16,17). The average molecular weight is 289 g/mol. The molecule has 0 aromatic heterocycles. The molecule has 0 bridgehead atoms. The minimum absolute atomic E-state index is 0.0882. The van der Waals surface area contributed by atoms with Crippen LogP contribution in [0.4, 0.5) is 0 Å². The molecule has 2 unspecified atom stereocenters. The Morgan fingerprint density at radius 3 is 2.89 bits per heavy atom. The second kappa shape index (κ2) is 5.37. The molecule has 1 aromatic carbocycles. The molecule has 2 atom stereocenters. The maximum atomic E-state index is 11.2. The quantitative estimate of drug-likeness (QED) is 0.896. The van der Waals surface area contributed by atoms with Crippen LogP contribution in [0.15, 0.2) is 12.1 Å². The number of ether oxygens (including phenoxy) is 1. The van der Waals surface area contributed by atoms with Crippen LogP contribution in [0.25, 0.3) is 0 Å². The van der Waals surface area contributed by atoms with Gasteiger partial charge in [0.2, 0.25) is 0 Å². The molecular weight excluding hydrogens is 275 g/mol. The fourth-order valence-corrected chi connectivity index (χ4v) is 2.69. The highest BCUT2D eigenvalue weighted by molar-refractivity contribution is 6.43. The summed E-state index contributed by atoms with van der Waals surface area (Å²) in [5, 5.41) is 9.98. The Kier molecular flexibility index (Phi) is 4.03. The van der Waals surface area contributed by atoms with Gasteiger partial charge in [0.25, 0.3) is 0 Å². The zero-order chi connectivity index (χ0) is 13.3. The second-order valence-corrected chi connectivity index (χ2v) is 5.29. The van der Waals surface area contributed by atoms with Gasteiger partial charge in [0, 0.05) is 5.92 Å². The van der Waals surface area contributed by atoms with Crippen molar-refractivity contribution in [2.24, 2.45) is 5.92 Å². The van der Waals surface area contributed by atoms with E-state index in [1.54, 1.807) is 13.0 Å². The van der Waals surface area contributed by atoms with Gasteiger partial charge in [-0.25, -0.2) is 0 Å². The van der Waals surface area contributed by atoms with Gasteiger partial charge in [-0.15, -0.1) is 0 Å². The van der Waals surface area contributed by atoms with Gasteiger partial charge in [-0.2, -0.15) is 0 Å². The van der Waals surface area contributed by atoms with Crippen LogP contribution in [-0.4, -0.2) is 17.7 Å². The Hall–Kier alpha value is -0.930. The molecule has 1 N–H and O–H groups in total. The average Bonchev–Trinajstić information content (AvgIpc) is 2.55. The van der Waals surface area contributed by atoms with E-state index in [0.29, 0.717) is 22.4 Å². The van der Waals surface area contributed by atoms with E-state index >= 15 is 0 Å². The maximum absolute atomic E-state index is 11.2. The van der Waals surface area contributed by atoms with Gasteiger partial charge < -0.3 is 9.84 Å². The van der Waals surface area contributed by atoms with Crippen LogP contribution in [0.5, 0.6) is 5.75 Å². The van der Waals surface area contributed by atoms with Gasteiger partial charge in [0.15, 0.2) is 0 Å². The summed E-state index contributed by atoms with van der Waals surface area (Å²) in [4.78, 5) is 11.2. The topological polar surface area (TPSA) is 46.5 Å². The highest BCUT2D eigenvalue weighted by Gasteiger charge is 2.30. The van der Waals surface area contributed by atoms with Crippen molar-refractivity contribution in [3.8, 4) is 5.75 Å². The molecule has 2 rings (SSSR count). The number of carboxylic acids is 1. The first-order valence-corrected chi connectivity index (χ1v) is 6.61. The van der Waals surface area contributed by atoms with Gasteiger partial charge in [-0.1, -0.05) is 36.2 Å². The van der Waals surface area contributed by atoms with Crippen molar-refractivity contribution in [2.75, 3.05) is 6.61 Å². The Morgan fingerprint density at radius 2 is 2.22 bits per heavy atom. The zero-order valence-corrected chi connectivity index (χ0v) is 11.5. The van der Waals surface area contributed by atoms with Crippen LogP contribution in [0, 0.1) is 5.92 Å². The predicted molar refractivity (Wildman–Crippen MR) is 70.7 cm³/mol. The highest BCUT2D eigenvalue weighted by Crippen LogP contribution is 2.44. The number of fused-ring (bicyclic) bond motifs is 1. The normalized spacial score (nSPS) is 20.5. The summed E-state index contributed by atoms with van der Waals surface area (Å²) in [5.74, 6) is -0.823. The van der Waals surface area contributed by atoms with Crippen molar-refractivity contribution >= 4 is 29.2 Å². The number of rotatable bonds is 2. The third kappa shape index (κ3) is 2.43. The number of hydrogen-bond donors (Lipinski definition) is 1. The molecule has 0 fully saturated rings. The molecule has 0 amide bonds. The van der Waals surface area contributed by atoms with E-state index in [9.17, 15) is 9.90 Å². The molecule has 0 aliphatic carbocycles. The number of carbonyl (C=O) groups is 1. The number of benzene rings is 1. The van der Waals surface area contributed by atoms with Crippen LogP contribution >= 0.6 is 23.2 Å². The number of aliphatic carboxylic acids is 1. The van der Waals surface area contributed by atoms with Gasteiger partial charge in [0.05, 0.1) is 17.5 Å². The number of halogens is 2. The van der Waals surface area contributed by atoms with Crippen molar-refractivity contribution in [1.29, 1.82) is 0 Å². The first kappa shape index (κ1) is 13.5.